The van der Waals surface area contributed by atoms with Crippen LogP contribution >= 0.6 is 23.2 Å². The number of hydrogen-bond donors (Lipinski definition) is 0. The summed E-state index contributed by atoms with van der Waals surface area (Å²) in [7, 11) is 0. The SMILES string of the molecule is CCOc1cccc(Cc2nc(Cl)ncc2Cl)c1. The summed E-state index contributed by atoms with van der Waals surface area (Å²) in [4.78, 5) is 7.95. The third-order valence-electron chi connectivity index (χ3n) is 2.37. The van der Waals surface area contributed by atoms with E-state index in [-0.39, 0.29) is 5.28 Å². The highest BCUT2D eigenvalue weighted by atomic mass is 35.5. The van der Waals surface area contributed by atoms with Gasteiger partial charge in [0.1, 0.15) is 5.75 Å². The minimum absolute atomic E-state index is 0.204. The first-order valence-corrected chi connectivity index (χ1v) is 6.33. The number of rotatable bonds is 4. The van der Waals surface area contributed by atoms with Crippen LogP contribution in [-0.2, 0) is 6.42 Å². The molecule has 0 unspecified atom stereocenters. The quantitative estimate of drug-likeness (QED) is 0.801. The van der Waals surface area contributed by atoms with Crippen LogP contribution in [0.25, 0.3) is 0 Å². The summed E-state index contributed by atoms with van der Waals surface area (Å²) in [5, 5.41) is 0.719. The Balaban J connectivity index is 2.22. The van der Waals surface area contributed by atoms with Gasteiger partial charge in [-0.3, -0.25) is 0 Å². The Hall–Kier alpha value is -1.32. The summed E-state index contributed by atoms with van der Waals surface area (Å²) in [6.45, 7) is 2.59. The first kappa shape index (κ1) is 13.1. The van der Waals surface area contributed by atoms with E-state index in [4.69, 9.17) is 27.9 Å². The van der Waals surface area contributed by atoms with Crippen molar-refractivity contribution < 1.29 is 4.74 Å². The van der Waals surface area contributed by atoms with Gasteiger partial charge in [0.2, 0.25) is 5.28 Å². The molecule has 0 N–H and O–H groups in total. The number of ether oxygens (including phenoxy) is 1. The molecular formula is C13H12Cl2N2O. The third-order valence-corrected chi connectivity index (χ3v) is 2.87. The van der Waals surface area contributed by atoms with Gasteiger partial charge in [-0.15, -0.1) is 0 Å². The van der Waals surface area contributed by atoms with Crippen LogP contribution in [0, 0.1) is 0 Å². The Kier molecular flexibility index (Phi) is 4.39. The van der Waals surface area contributed by atoms with Crippen LogP contribution in [0.5, 0.6) is 5.75 Å². The Labute approximate surface area is 116 Å². The molecule has 3 nitrogen and oxygen atoms in total. The van der Waals surface area contributed by atoms with Gasteiger partial charge < -0.3 is 4.74 Å². The van der Waals surface area contributed by atoms with Gasteiger partial charge in [0.15, 0.2) is 0 Å². The van der Waals surface area contributed by atoms with Crippen molar-refractivity contribution in [2.45, 2.75) is 13.3 Å². The molecule has 0 aliphatic rings. The fourth-order valence-electron chi connectivity index (χ4n) is 1.61. The summed E-state index contributed by atoms with van der Waals surface area (Å²) >= 11 is 11.8. The summed E-state index contributed by atoms with van der Waals surface area (Å²) in [6, 6.07) is 7.82. The lowest BCUT2D eigenvalue weighted by atomic mass is 10.1. The Morgan fingerprint density at radius 1 is 1.28 bits per heavy atom. The van der Waals surface area contributed by atoms with E-state index in [9.17, 15) is 0 Å². The summed E-state index contributed by atoms with van der Waals surface area (Å²) in [6.07, 6.45) is 2.11. The molecule has 5 heteroatoms. The van der Waals surface area contributed by atoms with E-state index in [0.717, 1.165) is 11.3 Å². The standard InChI is InChI=1S/C13H12Cl2N2O/c1-2-18-10-5-3-4-9(6-10)7-12-11(14)8-16-13(15)17-12/h3-6,8H,2,7H2,1H3. The van der Waals surface area contributed by atoms with Crippen LogP contribution in [0.4, 0.5) is 0 Å². The van der Waals surface area contributed by atoms with Gasteiger partial charge in [0.25, 0.3) is 0 Å². The molecule has 1 aromatic carbocycles. The van der Waals surface area contributed by atoms with Crippen LogP contribution in [0.3, 0.4) is 0 Å². The van der Waals surface area contributed by atoms with Crippen LogP contribution in [0.15, 0.2) is 30.5 Å². The number of hydrogen-bond acceptors (Lipinski definition) is 3. The monoisotopic (exact) mass is 282 g/mol. The lowest BCUT2D eigenvalue weighted by Gasteiger charge is -2.07. The molecule has 0 amide bonds. The number of halogens is 2. The highest BCUT2D eigenvalue weighted by Gasteiger charge is 2.06. The maximum absolute atomic E-state index is 6.03. The smallest absolute Gasteiger partial charge is 0.222 e. The highest BCUT2D eigenvalue weighted by Crippen LogP contribution is 2.20. The topological polar surface area (TPSA) is 35.0 Å². The molecule has 2 rings (SSSR count). The fraction of sp³-hybridized carbons (Fsp3) is 0.231. The van der Waals surface area contributed by atoms with Gasteiger partial charge in [0, 0.05) is 6.42 Å². The van der Waals surface area contributed by atoms with E-state index in [0.29, 0.717) is 23.7 Å². The average molecular weight is 283 g/mol. The predicted molar refractivity (Wildman–Crippen MR) is 72.5 cm³/mol. The second-order valence-electron chi connectivity index (χ2n) is 3.69. The van der Waals surface area contributed by atoms with E-state index >= 15 is 0 Å². The van der Waals surface area contributed by atoms with Crippen LogP contribution in [-0.4, -0.2) is 16.6 Å². The molecule has 0 aliphatic heterocycles. The van der Waals surface area contributed by atoms with Crippen molar-refractivity contribution in [1.29, 1.82) is 0 Å². The van der Waals surface area contributed by atoms with Gasteiger partial charge in [-0.2, -0.15) is 0 Å². The molecule has 1 aromatic heterocycles. The molecule has 0 spiro atoms. The molecular weight excluding hydrogens is 271 g/mol. The molecule has 0 radical (unpaired) electrons. The third kappa shape index (κ3) is 3.34. The number of nitrogens with zero attached hydrogens (tertiary/aromatic N) is 2. The normalized spacial score (nSPS) is 10.4. The summed E-state index contributed by atoms with van der Waals surface area (Å²) in [5.41, 5.74) is 1.78. The number of benzene rings is 1. The maximum atomic E-state index is 6.03. The van der Waals surface area contributed by atoms with Crippen molar-refractivity contribution in [3.8, 4) is 5.75 Å². The lowest BCUT2D eigenvalue weighted by molar-refractivity contribution is 0.340. The number of aromatic nitrogens is 2. The van der Waals surface area contributed by atoms with Crippen LogP contribution in [0.2, 0.25) is 10.3 Å². The molecule has 0 saturated heterocycles. The minimum atomic E-state index is 0.204. The molecule has 0 fully saturated rings. The van der Waals surface area contributed by atoms with Gasteiger partial charge >= 0.3 is 0 Å². The molecule has 0 aliphatic carbocycles. The average Bonchev–Trinajstić information content (AvgIpc) is 2.35. The highest BCUT2D eigenvalue weighted by molar-refractivity contribution is 6.31. The van der Waals surface area contributed by atoms with Crippen molar-refractivity contribution in [1.82, 2.24) is 9.97 Å². The zero-order chi connectivity index (χ0) is 13.0. The molecule has 0 atom stereocenters. The molecule has 1 heterocycles. The fourth-order valence-corrected chi connectivity index (χ4v) is 1.92. The van der Waals surface area contributed by atoms with Crippen molar-refractivity contribution in [3.63, 3.8) is 0 Å². The Bertz CT molecular complexity index is 546. The largest absolute Gasteiger partial charge is 0.494 e. The molecule has 2 aromatic rings. The molecule has 94 valence electrons. The zero-order valence-corrected chi connectivity index (χ0v) is 11.4. The molecule has 0 bridgehead atoms. The summed E-state index contributed by atoms with van der Waals surface area (Å²) in [5.74, 6) is 0.839. The maximum Gasteiger partial charge on any atom is 0.222 e. The van der Waals surface area contributed by atoms with Gasteiger partial charge in [-0.05, 0) is 36.2 Å². The lowest BCUT2D eigenvalue weighted by Crippen LogP contribution is -1.97. The van der Waals surface area contributed by atoms with Crippen molar-refractivity contribution >= 4 is 23.2 Å². The van der Waals surface area contributed by atoms with Crippen molar-refractivity contribution in [2.75, 3.05) is 6.61 Å². The van der Waals surface area contributed by atoms with Gasteiger partial charge in [0.05, 0.1) is 23.5 Å². The second-order valence-corrected chi connectivity index (χ2v) is 4.44. The molecule has 0 saturated carbocycles. The van der Waals surface area contributed by atoms with Gasteiger partial charge in [-0.25, -0.2) is 9.97 Å². The van der Waals surface area contributed by atoms with Crippen molar-refractivity contribution in [2.24, 2.45) is 0 Å². The van der Waals surface area contributed by atoms with Gasteiger partial charge in [-0.1, -0.05) is 23.7 Å². The predicted octanol–water partition coefficient (Wildman–Crippen LogP) is 3.77. The van der Waals surface area contributed by atoms with E-state index in [1.54, 1.807) is 0 Å². The van der Waals surface area contributed by atoms with E-state index in [1.165, 1.54) is 6.20 Å². The van der Waals surface area contributed by atoms with Crippen LogP contribution in [0.1, 0.15) is 18.2 Å². The molecule has 18 heavy (non-hydrogen) atoms. The van der Waals surface area contributed by atoms with Crippen molar-refractivity contribution in [3.05, 3.63) is 52.0 Å². The van der Waals surface area contributed by atoms with E-state index in [2.05, 4.69) is 9.97 Å². The Morgan fingerprint density at radius 2 is 2.11 bits per heavy atom. The first-order chi connectivity index (χ1) is 8.69. The first-order valence-electron chi connectivity index (χ1n) is 5.57. The zero-order valence-electron chi connectivity index (χ0n) is 9.86. The van der Waals surface area contributed by atoms with E-state index in [1.807, 2.05) is 31.2 Å². The van der Waals surface area contributed by atoms with Crippen LogP contribution < -0.4 is 4.74 Å². The second kappa shape index (κ2) is 6.03. The summed E-state index contributed by atoms with van der Waals surface area (Å²) < 4.78 is 5.45. The van der Waals surface area contributed by atoms with E-state index < -0.39 is 0 Å². The Morgan fingerprint density at radius 3 is 2.89 bits per heavy atom. The minimum Gasteiger partial charge on any atom is -0.494 e.